The zero-order chi connectivity index (χ0) is 15.1. The lowest BCUT2D eigenvalue weighted by Gasteiger charge is -2.35. The second-order valence-corrected chi connectivity index (χ2v) is 6.73. The molecule has 3 nitrogen and oxygen atoms in total. The van der Waals surface area contributed by atoms with Gasteiger partial charge in [-0.1, -0.05) is 29.8 Å². The summed E-state index contributed by atoms with van der Waals surface area (Å²) in [6.45, 7) is 0.983. The van der Waals surface area contributed by atoms with Crippen LogP contribution in [0, 0.1) is 0 Å². The number of carbonyl (C=O) groups is 1. The quantitative estimate of drug-likeness (QED) is 0.871. The molecular weight excluding hydrogens is 306 g/mol. The van der Waals surface area contributed by atoms with E-state index in [-0.39, 0.29) is 18.6 Å². The molecule has 0 aromatic heterocycles. The number of hydrogen-bond donors (Lipinski definition) is 1. The van der Waals surface area contributed by atoms with Gasteiger partial charge in [-0.3, -0.25) is 4.79 Å². The van der Waals surface area contributed by atoms with Crippen LogP contribution in [0.25, 0.3) is 0 Å². The average molecular weight is 328 g/mol. The SMILES string of the molecule is O=C(CSCc1ccccc1Cl)N1CCCC[C@@H]1CCO. The summed E-state index contributed by atoms with van der Waals surface area (Å²) in [4.78, 5) is 14.3. The molecule has 1 aliphatic rings. The Kier molecular flexibility index (Phi) is 6.87. The molecule has 5 heteroatoms. The van der Waals surface area contributed by atoms with Crippen LogP contribution in [-0.2, 0) is 10.5 Å². The average Bonchev–Trinajstić information content (AvgIpc) is 2.50. The molecule has 0 saturated carbocycles. The van der Waals surface area contributed by atoms with Gasteiger partial charge in [-0.2, -0.15) is 0 Å². The number of thioether (sulfide) groups is 1. The number of likely N-dealkylation sites (tertiary alicyclic amines) is 1. The first kappa shape index (κ1) is 16.7. The van der Waals surface area contributed by atoms with Gasteiger partial charge in [-0.15, -0.1) is 11.8 Å². The number of piperidine rings is 1. The Morgan fingerprint density at radius 3 is 2.95 bits per heavy atom. The highest BCUT2D eigenvalue weighted by atomic mass is 35.5. The van der Waals surface area contributed by atoms with Crippen LogP contribution < -0.4 is 0 Å². The Morgan fingerprint density at radius 2 is 2.19 bits per heavy atom. The Labute approximate surface area is 135 Å². The van der Waals surface area contributed by atoms with E-state index in [9.17, 15) is 4.79 Å². The number of carbonyl (C=O) groups excluding carboxylic acids is 1. The molecule has 0 spiro atoms. The summed E-state index contributed by atoms with van der Waals surface area (Å²) < 4.78 is 0. The fourth-order valence-corrected chi connectivity index (χ4v) is 3.92. The highest BCUT2D eigenvalue weighted by Crippen LogP contribution is 2.23. The van der Waals surface area contributed by atoms with Crippen molar-refractivity contribution in [1.29, 1.82) is 0 Å². The van der Waals surface area contributed by atoms with Crippen LogP contribution in [0.1, 0.15) is 31.2 Å². The van der Waals surface area contributed by atoms with E-state index >= 15 is 0 Å². The molecule has 1 amide bonds. The first-order chi connectivity index (χ1) is 10.2. The number of rotatable bonds is 6. The van der Waals surface area contributed by atoms with E-state index in [2.05, 4.69) is 0 Å². The second kappa shape index (κ2) is 8.66. The molecule has 1 saturated heterocycles. The van der Waals surface area contributed by atoms with Gasteiger partial charge in [-0.25, -0.2) is 0 Å². The number of amides is 1. The van der Waals surface area contributed by atoms with Crippen molar-refractivity contribution in [2.75, 3.05) is 18.9 Å². The van der Waals surface area contributed by atoms with Crippen LogP contribution in [0.4, 0.5) is 0 Å². The summed E-state index contributed by atoms with van der Waals surface area (Å²) >= 11 is 7.72. The van der Waals surface area contributed by atoms with E-state index in [1.54, 1.807) is 11.8 Å². The highest BCUT2D eigenvalue weighted by molar-refractivity contribution is 7.99. The van der Waals surface area contributed by atoms with Crippen molar-refractivity contribution >= 4 is 29.3 Å². The third-order valence-corrected chi connectivity index (χ3v) is 5.19. The summed E-state index contributed by atoms with van der Waals surface area (Å²) in [5, 5.41) is 9.87. The number of aliphatic hydroxyl groups is 1. The van der Waals surface area contributed by atoms with Crippen molar-refractivity contribution in [3.05, 3.63) is 34.9 Å². The molecule has 1 aromatic carbocycles. The Hall–Kier alpha value is -0.710. The van der Waals surface area contributed by atoms with Gasteiger partial charge in [0.2, 0.25) is 5.91 Å². The summed E-state index contributed by atoms with van der Waals surface area (Å²) in [6.07, 6.45) is 3.94. The maximum absolute atomic E-state index is 12.3. The summed E-state index contributed by atoms with van der Waals surface area (Å²) in [6, 6.07) is 7.97. The first-order valence-corrected chi connectivity index (χ1v) is 8.97. The second-order valence-electron chi connectivity index (χ2n) is 5.33. The van der Waals surface area contributed by atoms with Crippen LogP contribution in [0.2, 0.25) is 5.02 Å². The van der Waals surface area contributed by atoms with Crippen molar-refractivity contribution in [2.45, 2.75) is 37.5 Å². The Morgan fingerprint density at radius 1 is 1.38 bits per heavy atom. The molecule has 1 N–H and O–H groups in total. The number of aliphatic hydroxyl groups excluding tert-OH is 1. The van der Waals surface area contributed by atoms with Crippen molar-refractivity contribution in [3.63, 3.8) is 0 Å². The van der Waals surface area contributed by atoms with E-state index in [4.69, 9.17) is 16.7 Å². The minimum absolute atomic E-state index is 0.154. The first-order valence-electron chi connectivity index (χ1n) is 7.44. The maximum atomic E-state index is 12.3. The van der Waals surface area contributed by atoms with Crippen molar-refractivity contribution in [1.82, 2.24) is 4.90 Å². The van der Waals surface area contributed by atoms with Gasteiger partial charge in [0.15, 0.2) is 0 Å². The van der Waals surface area contributed by atoms with Gasteiger partial charge < -0.3 is 10.0 Å². The molecule has 116 valence electrons. The molecule has 0 unspecified atom stereocenters. The predicted molar refractivity (Wildman–Crippen MR) is 88.7 cm³/mol. The fourth-order valence-electron chi connectivity index (χ4n) is 2.72. The number of hydrogen-bond acceptors (Lipinski definition) is 3. The lowest BCUT2D eigenvalue weighted by Crippen LogP contribution is -2.45. The molecule has 1 fully saturated rings. The van der Waals surface area contributed by atoms with Gasteiger partial charge in [0.25, 0.3) is 0 Å². The van der Waals surface area contributed by atoms with Crippen molar-refractivity contribution < 1.29 is 9.90 Å². The standard InChI is InChI=1S/C16H22ClNO2S/c17-15-7-2-1-5-13(15)11-21-12-16(20)18-9-4-3-6-14(18)8-10-19/h1-2,5,7,14,19H,3-4,6,8-12H2/t14-/m1/s1. The monoisotopic (exact) mass is 327 g/mol. The maximum Gasteiger partial charge on any atom is 0.232 e. The molecule has 2 rings (SSSR count). The lowest BCUT2D eigenvalue weighted by molar-refractivity contribution is -0.132. The summed E-state index contributed by atoms with van der Waals surface area (Å²) in [5.74, 6) is 1.42. The number of halogens is 1. The minimum Gasteiger partial charge on any atom is -0.396 e. The summed E-state index contributed by atoms with van der Waals surface area (Å²) in [7, 11) is 0. The van der Waals surface area contributed by atoms with Crippen LogP contribution >= 0.6 is 23.4 Å². The van der Waals surface area contributed by atoms with Gasteiger partial charge >= 0.3 is 0 Å². The topological polar surface area (TPSA) is 40.5 Å². The lowest BCUT2D eigenvalue weighted by atomic mass is 10.00. The van der Waals surface area contributed by atoms with E-state index in [1.807, 2.05) is 29.2 Å². The molecule has 1 aromatic rings. The molecule has 0 bridgehead atoms. The Bertz CT molecular complexity index is 467. The largest absolute Gasteiger partial charge is 0.396 e. The van der Waals surface area contributed by atoms with Crippen LogP contribution in [0.15, 0.2) is 24.3 Å². The van der Waals surface area contributed by atoms with E-state index in [1.165, 1.54) is 0 Å². The van der Waals surface area contributed by atoms with Crippen LogP contribution in [-0.4, -0.2) is 40.9 Å². The normalized spacial score (nSPS) is 18.8. The Balaban J connectivity index is 1.82. The van der Waals surface area contributed by atoms with Crippen LogP contribution in [0.5, 0.6) is 0 Å². The van der Waals surface area contributed by atoms with Crippen molar-refractivity contribution in [2.24, 2.45) is 0 Å². The predicted octanol–water partition coefficient (Wildman–Crippen LogP) is 3.34. The molecule has 0 radical (unpaired) electrons. The number of benzene rings is 1. The van der Waals surface area contributed by atoms with Gasteiger partial charge in [-0.05, 0) is 37.3 Å². The zero-order valence-corrected chi connectivity index (χ0v) is 13.7. The minimum atomic E-state index is 0.154. The van der Waals surface area contributed by atoms with Gasteiger partial charge in [0.1, 0.15) is 0 Å². The van der Waals surface area contributed by atoms with Gasteiger partial charge in [0, 0.05) is 30.0 Å². The van der Waals surface area contributed by atoms with E-state index in [0.717, 1.165) is 42.1 Å². The molecular formula is C16H22ClNO2S. The molecule has 1 aliphatic heterocycles. The third kappa shape index (κ3) is 4.90. The highest BCUT2D eigenvalue weighted by Gasteiger charge is 2.25. The van der Waals surface area contributed by atoms with Gasteiger partial charge in [0.05, 0.1) is 5.75 Å². The zero-order valence-electron chi connectivity index (χ0n) is 12.1. The fraction of sp³-hybridized carbons (Fsp3) is 0.562. The van der Waals surface area contributed by atoms with E-state index in [0.29, 0.717) is 12.2 Å². The molecule has 0 aliphatic carbocycles. The molecule has 1 heterocycles. The van der Waals surface area contributed by atoms with Crippen molar-refractivity contribution in [3.8, 4) is 0 Å². The smallest absolute Gasteiger partial charge is 0.232 e. The van der Waals surface area contributed by atoms with E-state index < -0.39 is 0 Å². The number of nitrogens with zero attached hydrogens (tertiary/aromatic N) is 1. The molecule has 1 atom stereocenters. The summed E-state index contributed by atoms with van der Waals surface area (Å²) in [5.41, 5.74) is 1.07. The third-order valence-electron chi connectivity index (χ3n) is 3.85. The molecule has 21 heavy (non-hydrogen) atoms. The van der Waals surface area contributed by atoms with Crippen LogP contribution in [0.3, 0.4) is 0 Å².